The normalized spacial score (nSPS) is 11.1. The maximum absolute atomic E-state index is 5.67. The third-order valence-corrected chi connectivity index (χ3v) is 4.44. The second-order valence-electron chi connectivity index (χ2n) is 3.00. The lowest BCUT2D eigenvalue weighted by atomic mass is 10.3. The number of nitrogens with zero attached hydrogens (tertiary/aromatic N) is 3. The first-order chi connectivity index (χ1) is 7.17. The van der Waals surface area contributed by atoms with Crippen LogP contribution in [0.5, 0.6) is 0 Å². The Morgan fingerprint density at radius 3 is 2.80 bits per heavy atom. The van der Waals surface area contributed by atoms with Gasteiger partial charge in [0.25, 0.3) is 0 Å². The number of nitrogen functional groups attached to an aromatic ring is 1. The van der Waals surface area contributed by atoms with Crippen LogP contribution in [-0.2, 0) is 0 Å². The summed E-state index contributed by atoms with van der Waals surface area (Å²) in [5.74, 6) is 0.330. The van der Waals surface area contributed by atoms with E-state index in [1.165, 1.54) is 5.56 Å². The highest BCUT2D eigenvalue weighted by molar-refractivity contribution is 14.2. The van der Waals surface area contributed by atoms with Crippen molar-refractivity contribution in [1.82, 2.24) is 13.9 Å². The summed E-state index contributed by atoms with van der Waals surface area (Å²) >= 11 is 3.82. The van der Waals surface area contributed by atoms with Crippen LogP contribution in [0.4, 0.5) is 5.95 Å². The molecule has 0 aliphatic carbocycles. The molecule has 0 spiro atoms. The van der Waals surface area contributed by atoms with Crippen molar-refractivity contribution in [2.24, 2.45) is 0 Å². The van der Waals surface area contributed by atoms with Crippen molar-refractivity contribution < 1.29 is 0 Å². The molecule has 0 aliphatic heterocycles. The number of halogens is 1. The highest BCUT2D eigenvalue weighted by atomic mass is 127. The van der Waals surface area contributed by atoms with Gasteiger partial charge < -0.3 is 5.73 Å². The maximum Gasteiger partial charge on any atom is 0.223 e. The zero-order valence-electron chi connectivity index (χ0n) is 8.19. The van der Waals surface area contributed by atoms with Crippen molar-refractivity contribution in [3.8, 4) is 0 Å². The van der Waals surface area contributed by atoms with Gasteiger partial charge in [-0.25, -0.2) is 4.98 Å². The minimum absolute atomic E-state index is 0.330. The van der Waals surface area contributed by atoms with Crippen LogP contribution in [0.15, 0.2) is 11.2 Å². The minimum atomic E-state index is 0.330. The summed E-state index contributed by atoms with van der Waals surface area (Å²) in [6.45, 7) is 2.06. The molecule has 0 aromatic carbocycles. The number of aryl methyl sites for hydroxylation is 1. The maximum atomic E-state index is 5.67. The van der Waals surface area contributed by atoms with Gasteiger partial charge in [-0.3, -0.25) is 3.97 Å². The monoisotopic (exact) mass is 352 g/mol. The Hall–Kier alpha value is -0.150. The van der Waals surface area contributed by atoms with Crippen LogP contribution < -0.4 is 5.73 Å². The molecule has 2 aromatic rings. The van der Waals surface area contributed by atoms with Crippen LogP contribution in [0.1, 0.15) is 5.56 Å². The molecule has 80 valence electrons. The van der Waals surface area contributed by atoms with Crippen molar-refractivity contribution in [1.29, 1.82) is 0 Å². The van der Waals surface area contributed by atoms with Crippen LogP contribution in [0, 0.1) is 6.92 Å². The third-order valence-electron chi connectivity index (χ3n) is 2.06. The topological polar surface area (TPSA) is 56.7 Å². The van der Waals surface area contributed by atoms with Crippen LogP contribution >= 0.6 is 42.1 Å². The van der Waals surface area contributed by atoms with Crippen molar-refractivity contribution in [2.45, 2.75) is 11.9 Å². The average molecular weight is 352 g/mol. The number of anilines is 1. The van der Waals surface area contributed by atoms with Crippen molar-refractivity contribution in [2.75, 3.05) is 12.0 Å². The lowest BCUT2D eigenvalue weighted by Crippen LogP contribution is -1.97. The van der Waals surface area contributed by atoms with Crippen molar-refractivity contribution in [3.05, 3.63) is 11.8 Å². The molecular weight excluding hydrogens is 343 g/mol. The number of nitrogens with two attached hydrogens (primary N) is 1. The molecule has 0 saturated heterocycles. The van der Waals surface area contributed by atoms with Gasteiger partial charge >= 0.3 is 0 Å². The molecule has 15 heavy (non-hydrogen) atoms. The highest BCUT2D eigenvalue weighted by Gasteiger charge is 2.13. The molecule has 7 heteroatoms. The molecule has 0 amide bonds. The number of aromatic nitrogens is 3. The molecule has 2 aromatic heterocycles. The van der Waals surface area contributed by atoms with Crippen LogP contribution in [-0.4, -0.2) is 20.2 Å². The van der Waals surface area contributed by atoms with E-state index in [0.29, 0.717) is 5.95 Å². The fourth-order valence-corrected chi connectivity index (χ4v) is 3.39. The Labute approximate surface area is 108 Å². The molecule has 2 rings (SSSR count). The zero-order chi connectivity index (χ0) is 11.0. The Balaban J connectivity index is 2.85. The minimum Gasteiger partial charge on any atom is -0.368 e. The first kappa shape index (κ1) is 11.3. The second kappa shape index (κ2) is 4.38. The molecular formula is C8H9IN4S2. The Kier molecular flexibility index (Phi) is 3.31. The number of thioether (sulfide) groups is 1. The number of hydrogen-bond acceptors (Lipinski definition) is 5. The SMILES string of the molecule is CSc1nc(N)nc2c1c(C)cn2SI. The first-order valence-corrected chi connectivity index (χ1v) is 8.69. The Morgan fingerprint density at radius 1 is 1.47 bits per heavy atom. The summed E-state index contributed by atoms with van der Waals surface area (Å²) in [5, 5.41) is 2.04. The lowest BCUT2D eigenvalue weighted by molar-refractivity contribution is 1.11. The van der Waals surface area contributed by atoms with E-state index < -0.39 is 0 Å². The van der Waals surface area contributed by atoms with E-state index in [9.17, 15) is 0 Å². The van der Waals surface area contributed by atoms with E-state index in [0.717, 1.165) is 16.1 Å². The summed E-state index contributed by atoms with van der Waals surface area (Å²) in [6, 6.07) is 0. The number of fused-ring (bicyclic) bond motifs is 1. The molecule has 4 nitrogen and oxygen atoms in total. The number of hydrogen-bond donors (Lipinski definition) is 1. The predicted octanol–water partition coefficient (Wildman–Crippen LogP) is 2.89. The molecule has 0 unspecified atom stereocenters. The van der Waals surface area contributed by atoms with E-state index in [-0.39, 0.29) is 0 Å². The molecule has 2 N–H and O–H groups in total. The quantitative estimate of drug-likeness (QED) is 0.512. The third kappa shape index (κ3) is 1.92. The van der Waals surface area contributed by atoms with Gasteiger partial charge in [0.2, 0.25) is 5.95 Å². The highest BCUT2D eigenvalue weighted by Crippen LogP contribution is 2.32. The largest absolute Gasteiger partial charge is 0.368 e. The smallest absolute Gasteiger partial charge is 0.223 e. The van der Waals surface area contributed by atoms with Gasteiger partial charge in [-0.05, 0) is 18.7 Å². The van der Waals surface area contributed by atoms with E-state index in [1.807, 2.05) is 10.2 Å². The molecule has 0 radical (unpaired) electrons. The predicted molar refractivity (Wildman–Crippen MR) is 75.5 cm³/mol. The summed E-state index contributed by atoms with van der Waals surface area (Å²) in [6.07, 6.45) is 4.05. The molecule has 0 fully saturated rings. The van der Waals surface area contributed by atoms with Gasteiger partial charge in [0, 0.05) is 36.5 Å². The lowest BCUT2D eigenvalue weighted by Gasteiger charge is -2.02. The molecule has 0 bridgehead atoms. The summed E-state index contributed by atoms with van der Waals surface area (Å²) in [7, 11) is 1.58. The van der Waals surface area contributed by atoms with Gasteiger partial charge in [-0.2, -0.15) is 4.98 Å². The van der Waals surface area contributed by atoms with Gasteiger partial charge in [0.15, 0.2) is 5.65 Å². The van der Waals surface area contributed by atoms with Crippen LogP contribution in [0.2, 0.25) is 0 Å². The average Bonchev–Trinajstić information content (AvgIpc) is 2.54. The van der Waals surface area contributed by atoms with Gasteiger partial charge in [0.05, 0.1) is 5.39 Å². The summed E-state index contributed by atoms with van der Waals surface area (Å²) in [4.78, 5) is 8.50. The van der Waals surface area contributed by atoms with Crippen LogP contribution in [0.3, 0.4) is 0 Å². The second-order valence-corrected chi connectivity index (χ2v) is 5.50. The van der Waals surface area contributed by atoms with Crippen LogP contribution in [0.25, 0.3) is 11.0 Å². The number of rotatable bonds is 2. The van der Waals surface area contributed by atoms with E-state index in [1.54, 1.807) is 20.9 Å². The molecule has 0 atom stereocenters. The Bertz CT molecular complexity index is 511. The summed E-state index contributed by atoms with van der Waals surface area (Å²) < 4.78 is 2.00. The van der Waals surface area contributed by atoms with Crippen molar-refractivity contribution in [3.63, 3.8) is 0 Å². The molecule has 2 heterocycles. The zero-order valence-corrected chi connectivity index (χ0v) is 12.0. The van der Waals surface area contributed by atoms with E-state index in [2.05, 4.69) is 44.3 Å². The fraction of sp³-hybridized carbons (Fsp3) is 0.250. The molecule has 0 aliphatic rings. The fourth-order valence-electron chi connectivity index (χ4n) is 1.45. The standard InChI is InChI=1S/C8H9IN4S2/c1-4-3-13(15-9)6-5(4)7(14-2)12-8(10)11-6/h3H,1-2H3,(H2,10,11,12). The Morgan fingerprint density at radius 2 is 2.20 bits per heavy atom. The van der Waals surface area contributed by atoms with Gasteiger partial charge in [-0.15, -0.1) is 11.8 Å². The van der Waals surface area contributed by atoms with E-state index >= 15 is 0 Å². The van der Waals surface area contributed by atoms with Gasteiger partial charge in [0.1, 0.15) is 5.03 Å². The first-order valence-electron chi connectivity index (χ1n) is 4.15. The van der Waals surface area contributed by atoms with Crippen molar-refractivity contribution >= 4 is 59.1 Å². The molecule has 0 saturated carbocycles. The van der Waals surface area contributed by atoms with E-state index in [4.69, 9.17) is 5.73 Å². The van der Waals surface area contributed by atoms with Gasteiger partial charge in [-0.1, -0.05) is 0 Å². The summed E-state index contributed by atoms with van der Waals surface area (Å²) in [5.41, 5.74) is 7.74.